The average molecular weight is 517 g/mol. The van der Waals surface area contributed by atoms with Crippen LogP contribution in [0.4, 0.5) is 15.8 Å². The molecule has 2 aliphatic rings. The number of hydrogen-bond donors (Lipinski definition) is 1. The van der Waals surface area contributed by atoms with E-state index in [1.165, 1.54) is 12.1 Å². The van der Waals surface area contributed by atoms with E-state index in [4.69, 9.17) is 4.74 Å². The Bertz CT molecular complexity index is 1320. The predicted molar refractivity (Wildman–Crippen MR) is 141 cm³/mol. The van der Waals surface area contributed by atoms with Gasteiger partial charge in [0.2, 0.25) is 5.91 Å². The minimum absolute atomic E-state index is 0.0259. The molecule has 38 heavy (non-hydrogen) atoms. The van der Waals surface area contributed by atoms with Crippen molar-refractivity contribution in [2.45, 2.75) is 18.4 Å². The van der Waals surface area contributed by atoms with Gasteiger partial charge in [-0.1, -0.05) is 30.3 Å². The molecule has 1 spiro atoms. The number of carbonyl (C=O) groups is 3. The maximum Gasteiger partial charge on any atom is 0.256 e. The van der Waals surface area contributed by atoms with Gasteiger partial charge in [0.25, 0.3) is 11.8 Å². The van der Waals surface area contributed by atoms with Crippen molar-refractivity contribution in [1.29, 1.82) is 0 Å². The third-order valence-electron chi connectivity index (χ3n) is 7.27. The third kappa shape index (κ3) is 4.79. The molecule has 1 N–H and O–H groups in total. The molecular weight excluding hydrogens is 487 g/mol. The number of rotatable bonds is 6. The number of carbonyl (C=O) groups excluding carboxylic acids is 3. The van der Waals surface area contributed by atoms with Crippen LogP contribution in [0.3, 0.4) is 0 Å². The van der Waals surface area contributed by atoms with Gasteiger partial charge in [-0.3, -0.25) is 14.4 Å². The molecule has 2 fully saturated rings. The molecule has 2 heterocycles. The normalized spacial score (nSPS) is 16.6. The van der Waals surface area contributed by atoms with Gasteiger partial charge in [0.1, 0.15) is 23.7 Å². The van der Waals surface area contributed by atoms with E-state index in [0.29, 0.717) is 37.4 Å². The van der Waals surface area contributed by atoms with Crippen molar-refractivity contribution in [3.05, 3.63) is 90.2 Å². The highest BCUT2D eigenvalue weighted by molar-refractivity contribution is 6.00. The van der Waals surface area contributed by atoms with Gasteiger partial charge in [-0.05, 0) is 61.4 Å². The molecule has 196 valence electrons. The number of nitrogens with one attached hydrogen (secondary N) is 1. The van der Waals surface area contributed by atoms with Crippen LogP contribution < -0.4 is 15.0 Å². The molecule has 0 atom stereocenters. The number of amides is 3. The first-order chi connectivity index (χ1) is 18.4. The van der Waals surface area contributed by atoms with Crippen molar-refractivity contribution in [3.8, 4) is 5.75 Å². The first kappa shape index (κ1) is 25.3. The Kier molecular flexibility index (Phi) is 7.00. The van der Waals surface area contributed by atoms with Crippen molar-refractivity contribution in [3.63, 3.8) is 0 Å². The van der Waals surface area contributed by atoms with Crippen molar-refractivity contribution in [2.24, 2.45) is 0 Å². The van der Waals surface area contributed by atoms with Crippen LogP contribution in [-0.2, 0) is 9.59 Å². The average Bonchev–Trinajstić information content (AvgIpc) is 3.20. The molecule has 8 nitrogen and oxygen atoms in total. The fourth-order valence-electron chi connectivity index (χ4n) is 5.26. The summed E-state index contributed by atoms with van der Waals surface area (Å²) in [7, 11) is 1.57. The summed E-state index contributed by atoms with van der Waals surface area (Å²) in [5.74, 6) is -0.719. The summed E-state index contributed by atoms with van der Waals surface area (Å²) in [4.78, 5) is 44.9. The van der Waals surface area contributed by atoms with Gasteiger partial charge in [-0.2, -0.15) is 0 Å². The van der Waals surface area contributed by atoms with Gasteiger partial charge < -0.3 is 24.8 Å². The molecule has 3 amide bonds. The maximum atomic E-state index is 14.2. The molecule has 5 rings (SSSR count). The predicted octanol–water partition coefficient (Wildman–Crippen LogP) is 3.75. The zero-order valence-corrected chi connectivity index (χ0v) is 21.1. The molecule has 3 aromatic rings. The molecule has 0 aliphatic carbocycles. The molecule has 0 bridgehead atoms. The lowest BCUT2D eigenvalue weighted by molar-refractivity contribution is -0.136. The zero-order valence-electron chi connectivity index (χ0n) is 21.1. The van der Waals surface area contributed by atoms with Crippen LogP contribution in [-0.4, -0.2) is 66.5 Å². The van der Waals surface area contributed by atoms with Gasteiger partial charge in [0.15, 0.2) is 0 Å². The molecule has 0 radical (unpaired) electrons. The van der Waals surface area contributed by atoms with Gasteiger partial charge >= 0.3 is 0 Å². The van der Waals surface area contributed by atoms with E-state index in [2.05, 4.69) is 5.32 Å². The van der Waals surface area contributed by atoms with Gasteiger partial charge in [-0.25, -0.2) is 4.39 Å². The fourth-order valence-corrected chi connectivity index (χ4v) is 5.26. The Morgan fingerprint density at radius 3 is 2.26 bits per heavy atom. The number of halogens is 1. The Balaban J connectivity index is 1.33. The Morgan fingerprint density at radius 2 is 1.61 bits per heavy atom. The highest BCUT2D eigenvalue weighted by Gasteiger charge is 2.54. The van der Waals surface area contributed by atoms with E-state index in [1.54, 1.807) is 53.3 Å². The molecule has 2 aliphatic heterocycles. The van der Waals surface area contributed by atoms with Crippen LogP contribution in [0.5, 0.6) is 5.75 Å². The summed E-state index contributed by atoms with van der Waals surface area (Å²) in [6.07, 6.45) is 0.745. The lowest BCUT2D eigenvalue weighted by atomic mass is 9.85. The lowest BCUT2D eigenvalue weighted by Crippen LogP contribution is -2.57. The number of ether oxygens (including phenoxy) is 1. The standard InChI is InChI=1S/C29H29FN4O4/c1-38-23-13-11-21(12-14-23)31-26(35)19-33-20-34(22-7-3-2-4-8-22)29(28(33)37)15-17-32(18-16-29)27(36)24-9-5-6-10-25(24)30/h2-14H,15-20H2,1H3,(H,31,35). The zero-order chi connectivity index (χ0) is 26.7. The summed E-state index contributed by atoms with van der Waals surface area (Å²) >= 11 is 0. The lowest BCUT2D eigenvalue weighted by Gasteiger charge is -2.43. The first-order valence-electron chi connectivity index (χ1n) is 12.5. The molecule has 0 aromatic heterocycles. The number of nitrogens with zero attached hydrogens (tertiary/aromatic N) is 3. The SMILES string of the molecule is COc1ccc(NC(=O)CN2CN(c3ccccc3)C3(CCN(C(=O)c4ccccc4F)CC3)C2=O)cc1. The van der Waals surface area contributed by atoms with Crippen LogP contribution >= 0.6 is 0 Å². The van der Waals surface area contributed by atoms with E-state index in [0.717, 1.165) is 5.69 Å². The summed E-state index contributed by atoms with van der Waals surface area (Å²) in [5, 5.41) is 2.84. The molecular formula is C29H29FN4O4. The molecule has 3 aromatic carbocycles. The van der Waals surface area contributed by atoms with Crippen molar-refractivity contribution in [1.82, 2.24) is 9.80 Å². The summed E-state index contributed by atoms with van der Waals surface area (Å²) < 4.78 is 19.4. The number of benzene rings is 3. The summed E-state index contributed by atoms with van der Waals surface area (Å²) in [6, 6.07) is 22.5. The van der Waals surface area contributed by atoms with Gasteiger partial charge in [0.05, 0.1) is 19.3 Å². The fraction of sp³-hybridized carbons (Fsp3) is 0.276. The molecule has 0 saturated carbocycles. The summed E-state index contributed by atoms with van der Waals surface area (Å²) in [6.45, 7) is 0.746. The van der Waals surface area contributed by atoms with E-state index < -0.39 is 11.4 Å². The van der Waals surface area contributed by atoms with Crippen LogP contribution in [0.25, 0.3) is 0 Å². The molecule has 9 heteroatoms. The number of methoxy groups -OCH3 is 1. The van der Waals surface area contributed by atoms with E-state index in [1.807, 2.05) is 35.2 Å². The van der Waals surface area contributed by atoms with Gasteiger partial charge in [0, 0.05) is 24.5 Å². The van der Waals surface area contributed by atoms with Crippen LogP contribution in [0.2, 0.25) is 0 Å². The second-order valence-electron chi connectivity index (χ2n) is 9.49. The number of anilines is 2. The Labute approximate surface area is 220 Å². The minimum Gasteiger partial charge on any atom is -0.497 e. The number of likely N-dealkylation sites (tertiary alicyclic amines) is 1. The quantitative estimate of drug-likeness (QED) is 0.540. The molecule has 0 unspecified atom stereocenters. The number of piperidine rings is 1. The highest BCUT2D eigenvalue weighted by atomic mass is 19.1. The minimum atomic E-state index is -0.895. The van der Waals surface area contributed by atoms with E-state index in [-0.39, 0.29) is 36.5 Å². The maximum absolute atomic E-state index is 14.2. The smallest absolute Gasteiger partial charge is 0.256 e. The highest BCUT2D eigenvalue weighted by Crippen LogP contribution is 2.39. The first-order valence-corrected chi connectivity index (χ1v) is 12.5. The van der Waals surface area contributed by atoms with Crippen LogP contribution in [0.1, 0.15) is 23.2 Å². The third-order valence-corrected chi connectivity index (χ3v) is 7.27. The number of para-hydroxylation sites is 1. The Hall–Kier alpha value is -4.40. The van der Waals surface area contributed by atoms with E-state index >= 15 is 0 Å². The summed E-state index contributed by atoms with van der Waals surface area (Å²) in [5.41, 5.74) is 0.607. The largest absolute Gasteiger partial charge is 0.497 e. The number of hydrogen-bond acceptors (Lipinski definition) is 5. The van der Waals surface area contributed by atoms with Crippen LogP contribution in [0.15, 0.2) is 78.9 Å². The Morgan fingerprint density at radius 1 is 0.947 bits per heavy atom. The van der Waals surface area contributed by atoms with E-state index in [9.17, 15) is 18.8 Å². The van der Waals surface area contributed by atoms with Gasteiger partial charge in [-0.15, -0.1) is 0 Å². The van der Waals surface area contributed by atoms with Crippen molar-refractivity contribution >= 4 is 29.1 Å². The van der Waals surface area contributed by atoms with Crippen molar-refractivity contribution in [2.75, 3.05) is 43.6 Å². The second kappa shape index (κ2) is 10.5. The van der Waals surface area contributed by atoms with Crippen molar-refractivity contribution < 1.29 is 23.5 Å². The van der Waals surface area contributed by atoms with Crippen LogP contribution in [0, 0.1) is 5.82 Å². The second-order valence-corrected chi connectivity index (χ2v) is 9.49. The monoisotopic (exact) mass is 516 g/mol. The topological polar surface area (TPSA) is 82.2 Å². The molecule has 2 saturated heterocycles.